The Hall–Kier alpha value is -2.59. The quantitative estimate of drug-likeness (QED) is 0.638. The molecular weight excluding hydrogens is 396 g/mol. The molecule has 0 N–H and O–H groups in total. The van der Waals surface area contributed by atoms with Crippen LogP contribution in [-0.2, 0) is 16.0 Å². The number of amides is 2. The van der Waals surface area contributed by atoms with Crippen LogP contribution in [0.3, 0.4) is 0 Å². The lowest BCUT2D eigenvalue weighted by molar-refractivity contribution is -0.120. The molecule has 0 radical (unpaired) electrons. The van der Waals surface area contributed by atoms with E-state index in [9.17, 15) is 9.59 Å². The topological polar surface area (TPSA) is 40.6 Å². The van der Waals surface area contributed by atoms with Gasteiger partial charge in [0.2, 0.25) is 0 Å². The molecule has 1 saturated heterocycles. The van der Waals surface area contributed by atoms with E-state index in [2.05, 4.69) is 25.7 Å². The Kier molecular flexibility index (Phi) is 5.70. The molecule has 2 amide bonds. The largest absolute Gasteiger partial charge is 0.366 e. The number of piperidine rings is 1. The van der Waals surface area contributed by atoms with Gasteiger partial charge in [-0.3, -0.25) is 9.59 Å². The summed E-state index contributed by atoms with van der Waals surface area (Å²) in [6.45, 7) is 8.04. The summed E-state index contributed by atoms with van der Waals surface area (Å²) in [7, 11) is 0. The van der Waals surface area contributed by atoms with Crippen molar-refractivity contribution in [2.24, 2.45) is 11.8 Å². The molecule has 156 valence electrons. The Morgan fingerprint density at radius 1 is 0.900 bits per heavy atom. The summed E-state index contributed by atoms with van der Waals surface area (Å²) < 4.78 is 0. The summed E-state index contributed by atoms with van der Waals surface area (Å²) in [6, 6.07) is 14.8. The number of benzene rings is 2. The Morgan fingerprint density at radius 2 is 1.50 bits per heavy atom. The molecule has 2 unspecified atom stereocenters. The number of carbonyl (C=O) groups is 2. The SMILES string of the molecule is CCc1ccc(N2C(=O)C(c3ccc(Cl)cc3)=C(N3CC(C)CC(C)C3)C2=O)cc1. The number of likely N-dealkylation sites (tertiary alicyclic amines) is 1. The Balaban J connectivity index is 1.80. The average molecular weight is 423 g/mol. The van der Waals surface area contributed by atoms with Gasteiger partial charge in [-0.25, -0.2) is 4.90 Å². The van der Waals surface area contributed by atoms with E-state index in [1.54, 1.807) is 12.1 Å². The van der Waals surface area contributed by atoms with Gasteiger partial charge in [-0.15, -0.1) is 0 Å². The number of aryl methyl sites for hydroxylation is 1. The minimum absolute atomic E-state index is 0.240. The number of halogens is 1. The molecule has 2 aliphatic rings. The van der Waals surface area contributed by atoms with Crippen molar-refractivity contribution in [1.29, 1.82) is 0 Å². The molecule has 1 fully saturated rings. The van der Waals surface area contributed by atoms with Crippen molar-refractivity contribution in [1.82, 2.24) is 4.90 Å². The fourth-order valence-corrected chi connectivity index (χ4v) is 4.78. The van der Waals surface area contributed by atoms with Crippen molar-refractivity contribution in [3.05, 3.63) is 70.4 Å². The summed E-state index contributed by atoms with van der Waals surface area (Å²) in [4.78, 5) is 30.6. The minimum Gasteiger partial charge on any atom is -0.366 e. The van der Waals surface area contributed by atoms with Crippen molar-refractivity contribution in [3.8, 4) is 0 Å². The highest BCUT2D eigenvalue weighted by Gasteiger charge is 2.43. The smallest absolute Gasteiger partial charge is 0.282 e. The summed E-state index contributed by atoms with van der Waals surface area (Å²) in [5, 5.41) is 0.602. The van der Waals surface area contributed by atoms with E-state index in [0.717, 1.165) is 31.5 Å². The van der Waals surface area contributed by atoms with Gasteiger partial charge in [-0.1, -0.05) is 56.6 Å². The van der Waals surface area contributed by atoms with Crippen molar-refractivity contribution < 1.29 is 9.59 Å². The van der Waals surface area contributed by atoms with Crippen LogP contribution in [0.4, 0.5) is 5.69 Å². The van der Waals surface area contributed by atoms with Crippen LogP contribution in [0.25, 0.3) is 5.57 Å². The zero-order valence-electron chi connectivity index (χ0n) is 17.7. The number of imide groups is 1. The Labute approximate surface area is 183 Å². The second-order valence-electron chi connectivity index (χ2n) is 8.55. The maximum absolute atomic E-state index is 13.6. The third kappa shape index (κ3) is 3.77. The molecule has 2 aliphatic heterocycles. The van der Waals surface area contributed by atoms with E-state index in [4.69, 9.17) is 11.6 Å². The maximum Gasteiger partial charge on any atom is 0.282 e. The molecular formula is C25H27ClN2O2. The first-order valence-corrected chi connectivity index (χ1v) is 11.0. The minimum atomic E-state index is -0.271. The highest BCUT2D eigenvalue weighted by atomic mass is 35.5. The van der Waals surface area contributed by atoms with Crippen LogP contribution < -0.4 is 4.90 Å². The van der Waals surface area contributed by atoms with Gasteiger partial charge in [-0.2, -0.15) is 0 Å². The first-order chi connectivity index (χ1) is 14.4. The van der Waals surface area contributed by atoms with E-state index < -0.39 is 0 Å². The van der Waals surface area contributed by atoms with E-state index in [0.29, 0.717) is 33.8 Å². The summed E-state index contributed by atoms with van der Waals surface area (Å²) >= 11 is 6.07. The molecule has 30 heavy (non-hydrogen) atoms. The van der Waals surface area contributed by atoms with Crippen LogP contribution in [0.1, 0.15) is 38.3 Å². The average Bonchev–Trinajstić information content (AvgIpc) is 2.98. The fourth-order valence-electron chi connectivity index (χ4n) is 4.65. The standard InChI is InChI=1S/C25H27ClN2O2/c1-4-18-5-11-21(12-6-18)28-24(29)22(19-7-9-20(26)10-8-19)23(25(28)30)27-14-16(2)13-17(3)15-27/h5-12,16-17H,4,13-15H2,1-3H3. The van der Waals surface area contributed by atoms with Crippen LogP contribution in [0.2, 0.25) is 5.02 Å². The predicted octanol–water partition coefficient (Wildman–Crippen LogP) is 5.16. The lowest BCUT2D eigenvalue weighted by Crippen LogP contribution is -2.42. The molecule has 2 aromatic rings. The van der Waals surface area contributed by atoms with Crippen molar-refractivity contribution >= 4 is 34.7 Å². The van der Waals surface area contributed by atoms with Crippen LogP contribution in [-0.4, -0.2) is 29.8 Å². The number of rotatable bonds is 4. The van der Waals surface area contributed by atoms with Crippen LogP contribution >= 0.6 is 11.6 Å². The highest BCUT2D eigenvalue weighted by molar-refractivity contribution is 6.45. The molecule has 0 bridgehead atoms. The summed E-state index contributed by atoms with van der Waals surface area (Å²) in [6.07, 6.45) is 2.04. The molecule has 5 heteroatoms. The normalized spacial score (nSPS) is 22.3. The molecule has 0 aromatic heterocycles. The fraction of sp³-hybridized carbons (Fsp3) is 0.360. The van der Waals surface area contributed by atoms with Crippen LogP contribution in [0.15, 0.2) is 54.2 Å². The van der Waals surface area contributed by atoms with Gasteiger partial charge in [0.15, 0.2) is 0 Å². The second-order valence-corrected chi connectivity index (χ2v) is 8.98. The summed E-state index contributed by atoms with van der Waals surface area (Å²) in [5.41, 5.74) is 3.49. The predicted molar refractivity (Wildman–Crippen MR) is 121 cm³/mol. The molecule has 4 rings (SSSR count). The molecule has 2 atom stereocenters. The van der Waals surface area contributed by atoms with Crippen molar-refractivity contribution in [2.45, 2.75) is 33.6 Å². The van der Waals surface area contributed by atoms with Gasteiger partial charge in [-0.05, 0) is 60.1 Å². The zero-order valence-corrected chi connectivity index (χ0v) is 18.4. The van der Waals surface area contributed by atoms with Crippen molar-refractivity contribution in [3.63, 3.8) is 0 Å². The maximum atomic E-state index is 13.6. The first kappa shape index (κ1) is 20.7. The molecule has 0 spiro atoms. The van der Waals surface area contributed by atoms with Gasteiger partial charge in [0, 0.05) is 18.1 Å². The van der Waals surface area contributed by atoms with E-state index >= 15 is 0 Å². The van der Waals surface area contributed by atoms with Gasteiger partial charge in [0.05, 0.1) is 11.3 Å². The Bertz CT molecular complexity index is 985. The number of carbonyl (C=O) groups excluding carboxylic acids is 2. The molecule has 0 aliphatic carbocycles. The number of anilines is 1. The molecule has 2 heterocycles. The number of hydrogen-bond donors (Lipinski definition) is 0. The lowest BCUT2D eigenvalue weighted by Gasteiger charge is -2.37. The van der Waals surface area contributed by atoms with Gasteiger partial charge in [0.1, 0.15) is 5.70 Å². The number of nitrogens with zero attached hydrogens (tertiary/aromatic N) is 2. The van der Waals surface area contributed by atoms with E-state index in [1.165, 1.54) is 10.5 Å². The second kappa shape index (κ2) is 8.27. The molecule has 0 saturated carbocycles. The van der Waals surface area contributed by atoms with E-state index in [1.807, 2.05) is 36.4 Å². The number of hydrogen-bond acceptors (Lipinski definition) is 3. The molecule has 2 aromatic carbocycles. The lowest BCUT2D eigenvalue weighted by atomic mass is 9.91. The van der Waals surface area contributed by atoms with Gasteiger partial charge >= 0.3 is 0 Å². The summed E-state index contributed by atoms with van der Waals surface area (Å²) in [5.74, 6) is 0.421. The molecule has 4 nitrogen and oxygen atoms in total. The Morgan fingerprint density at radius 3 is 2.07 bits per heavy atom. The van der Waals surface area contributed by atoms with E-state index in [-0.39, 0.29) is 11.8 Å². The van der Waals surface area contributed by atoms with Crippen molar-refractivity contribution in [2.75, 3.05) is 18.0 Å². The first-order valence-electron chi connectivity index (χ1n) is 10.6. The van der Waals surface area contributed by atoms with Crippen LogP contribution in [0, 0.1) is 11.8 Å². The zero-order chi connectivity index (χ0) is 21.4. The highest BCUT2D eigenvalue weighted by Crippen LogP contribution is 2.37. The third-order valence-electron chi connectivity index (χ3n) is 5.98. The third-order valence-corrected chi connectivity index (χ3v) is 6.23. The van der Waals surface area contributed by atoms with Crippen LogP contribution in [0.5, 0.6) is 0 Å². The monoisotopic (exact) mass is 422 g/mol. The van der Waals surface area contributed by atoms with Gasteiger partial charge in [0.25, 0.3) is 11.8 Å². The van der Waals surface area contributed by atoms with Gasteiger partial charge < -0.3 is 4.90 Å².